The monoisotopic (exact) mass is 436 g/mol. The van der Waals surface area contributed by atoms with Crippen LogP contribution in [-0.2, 0) is 22.6 Å². The fourth-order valence-corrected chi connectivity index (χ4v) is 5.05. The van der Waals surface area contributed by atoms with Crippen LogP contribution in [-0.4, -0.2) is 60.3 Å². The van der Waals surface area contributed by atoms with E-state index < -0.39 is 0 Å². The van der Waals surface area contributed by atoms with Gasteiger partial charge in [-0.05, 0) is 51.0 Å². The van der Waals surface area contributed by atoms with Gasteiger partial charge < -0.3 is 19.9 Å². The van der Waals surface area contributed by atoms with Crippen LogP contribution in [0.15, 0.2) is 42.5 Å². The average Bonchev–Trinajstić information content (AvgIpc) is 3.37. The van der Waals surface area contributed by atoms with E-state index in [-0.39, 0.29) is 11.9 Å². The molecule has 2 N–H and O–H groups in total. The molecule has 6 heteroatoms. The van der Waals surface area contributed by atoms with Gasteiger partial charge in [-0.15, -0.1) is 0 Å². The number of fused-ring (bicyclic) bond motifs is 3. The normalized spacial score (nSPS) is 19.4. The molecular weight excluding hydrogens is 400 g/mol. The van der Waals surface area contributed by atoms with E-state index in [1.54, 1.807) is 7.11 Å². The second-order valence-electron chi connectivity index (χ2n) is 9.02. The third-order valence-electron chi connectivity index (χ3n) is 6.66. The van der Waals surface area contributed by atoms with Gasteiger partial charge in [-0.3, -0.25) is 9.69 Å². The van der Waals surface area contributed by atoms with Crippen molar-refractivity contribution in [1.82, 2.24) is 20.1 Å². The van der Waals surface area contributed by atoms with Crippen LogP contribution in [0.25, 0.3) is 21.8 Å². The summed E-state index contributed by atoms with van der Waals surface area (Å²) in [5.74, 6) is 0.105. The van der Waals surface area contributed by atoms with Crippen molar-refractivity contribution < 1.29 is 9.53 Å². The Bertz CT molecular complexity index is 1070. The first-order valence-electron chi connectivity index (χ1n) is 11.8. The van der Waals surface area contributed by atoms with E-state index in [2.05, 4.69) is 83.3 Å². The number of carbonyl (C=O) groups is 1. The summed E-state index contributed by atoms with van der Waals surface area (Å²) in [6.45, 7) is 10.3. The molecule has 172 valence electrons. The molecule has 0 radical (unpaired) electrons. The molecule has 3 aromatic rings. The maximum atomic E-state index is 12.7. The standard InChI is InChI=1S/C26H36N4O2/c1-5-29-23-9-7-6-8-21(23)22-14-19(10-11-24(22)29)16-28-20-15-25(30(17-20)18(2)3)26(31)27-12-13-32-4/h6-11,14,18,20,25,28H,5,12-13,15-17H2,1-4H3,(H,27,31)/t20-,25+/m1/s1. The van der Waals surface area contributed by atoms with Gasteiger partial charge >= 0.3 is 0 Å². The number of rotatable bonds is 9. The summed E-state index contributed by atoms with van der Waals surface area (Å²) in [6, 6.07) is 16.0. The number of ether oxygens (including phenoxy) is 1. The van der Waals surface area contributed by atoms with Crippen LogP contribution >= 0.6 is 0 Å². The molecule has 0 spiro atoms. The number of hydrogen-bond acceptors (Lipinski definition) is 4. The Hall–Kier alpha value is -2.41. The highest BCUT2D eigenvalue weighted by molar-refractivity contribution is 6.08. The molecule has 0 saturated carbocycles. The lowest BCUT2D eigenvalue weighted by Gasteiger charge is -2.27. The maximum absolute atomic E-state index is 12.7. The number of amides is 1. The number of aryl methyl sites for hydroxylation is 1. The Morgan fingerprint density at radius 1 is 1.16 bits per heavy atom. The second kappa shape index (κ2) is 10.0. The smallest absolute Gasteiger partial charge is 0.237 e. The van der Waals surface area contributed by atoms with Gasteiger partial charge in [-0.1, -0.05) is 24.3 Å². The zero-order valence-corrected chi connectivity index (χ0v) is 19.7. The molecule has 1 amide bonds. The van der Waals surface area contributed by atoms with E-state index in [1.807, 2.05) is 0 Å². The highest BCUT2D eigenvalue weighted by Gasteiger charge is 2.37. The number of para-hydroxylation sites is 1. The van der Waals surface area contributed by atoms with Gasteiger partial charge in [-0.25, -0.2) is 0 Å². The van der Waals surface area contributed by atoms with E-state index in [0.717, 1.165) is 26.1 Å². The van der Waals surface area contributed by atoms with Gasteiger partial charge in [0.2, 0.25) is 5.91 Å². The summed E-state index contributed by atoms with van der Waals surface area (Å²) in [4.78, 5) is 15.0. The second-order valence-corrected chi connectivity index (χ2v) is 9.02. The SMILES string of the molecule is CCn1c2ccccc2c2cc(CN[C@@H]3C[C@@H](C(=O)NCCOC)N(C(C)C)C3)ccc21. The van der Waals surface area contributed by atoms with Crippen molar-refractivity contribution in [1.29, 1.82) is 0 Å². The molecule has 1 aliphatic heterocycles. The molecule has 6 nitrogen and oxygen atoms in total. The summed E-state index contributed by atoms with van der Waals surface area (Å²) >= 11 is 0. The third kappa shape index (κ3) is 4.53. The van der Waals surface area contributed by atoms with Crippen molar-refractivity contribution in [3.05, 3.63) is 48.0 Å². The number of nitrogens with zero attached hydrogens (tertiary/aromatic N) is 2. The predicted octanol–water partition coefficient (Wildman–Crippen LogP) is 3.52. The van der Waals surface area contributed by atoms with Crippen LogP contribution < -0.4 is 10.6 Å². The Morgan fingerprint density at radius 2 is 1.94 bits per heavy atom. The van der Waals surface area contributed by atoms with E-state index in [4.69, 9.17) is 4.74 Å². The average molecular weight is 437 g/mol. The lowest BCUT2D eigenvalue weighted by atomic mass is 10.1. The first kappa shape index (κ1) is 22.8. The number of hydrogen-bond donors (Lipinski definition) is 2. The fraction of sp³-hybridized carbons (Fsp3) is 0.500. The van der Waals surface area contributed by atoms with E-state index in [9.17, 15) is 4.79 Å². The number of aromatic nitrogens is 1. The topological polar surface area (TPSA) is 58.5 Å². The molecule has 1 saturated heterocycles. The van der Waals surface area contributed by atoms with Gasteiger partial charge in [0.25, 0.3) is 0 Å². The van der Waals surface area contributed by atoms with Crippen LogP contribution in [0.5, 0.6) is 0 Å². The lowest BCUT2D eigenvalue weighted by Crippen LogP contribution is -2.46. The lowest BCUT2D eigenvalue weighted by molar-refractivity contribution is -0.126. The minimum Gasteiger partial charge on any atom is -0.383 e. The summed E-state index contributed by atoms with van der Waals surface area (Å²) in [5, 5.41) is 9.35. The van der Waals surface area contributed by atoms with E-state index >= 15 is 0 Å². The van der Waals surface area contributed by atoms with Crippen molar-refractivity contribution in [2.75, 3.05) is 26.8 Å². The fourth-order valence-electron chi connectivity index (χ4n) is 5.05. The molecule has 1 fully saturated rings. The number of carbonyl (C=O) groups excluding carboxylic acids is 1. The van der Waals surface area contributed by atoms with Gasteiger partial charge in [0.1, 0.15) is 0 Å². The molecule has 32 heavy (non-hydrogen) atoms. The Labute approximate surface area is 190 Å². The van der Waals surface area contributed by atoms with Gasteiger partial charge in [0.05, 0.1) is 12.6 Å². The van der Waals surface area contributed by atoms with Gasteiger partial charge in [0, 0.05) is 67.2 Å². The maximum Gasteiger partial charge on any atom is 0.237 e. The van der Waals surface area contributed by atoms with Crippen LogP contribution in [0.3, 0.4) is 0 Å². The minimum absolute atomic E-state index is 0.0885. The summed E-state index contributed by atoms with van der Waals surface area (Å²) in [6.07, 6.45) is 0.828. The van der Waals surface area contributed by atoms with Crippen molar-refractivity contribution >= 4 is 27.7 Å². The zero-order chi connectivity index (χ0) is 22.7. The van der Waals surface area contributed by atoms with Crippen molar-refractivity contribution in [3.63, 3.8) is 0 Å². The molecule has 2 aromatic carbocycles. The molecule has 1 aliphatic rings. The van der Waals surface area contributed by atoms with E-state index in [0.29, 0.717) is 25.2 Å². The molecule has 0 bridgehead atoms. The largest absolute Gasteiger partial charge is 0.383 e. The first-order chi connectivity index (χ1) is 15.5. The molecule has 0 aliphatic carbocycles. The highest BCUT2D eigenvalue weighted by atomic mass is 16.5. The molecule has 1 aromatic heterocycles. The van der Waals surface area contributed by atoms with Crippen molar-refractivity contribution in [2.24, 2.45) is 0 Å². The number of benzene rings is 2. The Morgan fingerprint density at radius 3 is 2.69 bits per heavy atom. The van der Waals surface area contributed by atoms with Crippen molar-refractivity contribution in [3.8, 4) is 0 Å². The quantitative estimate of drug-likeness (QED) is 0.504. The third-order valence-corrected chi connectivity index (χ3v) is 6.66. The zero-order valence-electron chi connectivity index (χ0n) is 19.7. The molecule has 0 unspecified atom stereocenters. The van der Waals surface area contributed by atoms with Crippen LogP contribution in [0.2, 0.25) is 0 Å². The molecule has 2 atom stereocenters. The molecule has 2 heterocycles. The first-order valence-corrected chi connectivity index (χ1v) is 11.8. The van der Waals surface area contributed by atoms with Crippen LogP contribution in [0.1, 0.15) is 32.8 Å². The Kier molecular flexibility index (Phi) is 7.13. The van der Waals surface area contributed by atoms with Crippen LogP contribution in [0, 0.1) is 0 Å². The summed E-state index contributed by atoms with van der Waals surface area (Å²) < 4.78 is 7.44. The number of methoxy groups -OCH3 is 1. The van der Waals surface area contributed by atoms with Gasteiger partial charge in [-0.2, -0.15) is 0 Å². The van der Waals surface area contributed by atoms with Gasteiger partial charge in [0.15, 0.2) is 0 Å². The molecule has 4 rings (SSSR count). The summed E-state index contributed by atoms with van der Waals surface area (Å²) in [7, 11) is 1.65. The summed E-state index contributed by atoms with van der Waals surface area (Å²) in [5.41, 5.74) is 3.86. The predicted molar refractivity (Wildman–Crippen MR) is 131 cm³/mol. The number of likely N-dealkylation sites (tertiary alicyclic amines) is 1. The highest BCUT2D eigenvalue weighted by Crippen LogP contribution is 2.30. The van der Waals surface area contributed by atoms with E-state index in [1.165, 1.54) is 27.4 Å². The minimum atomic E-state index is -0.0885. The van der Waals surface area contributed by atoms with Crippen molar-refractivity contribution in [2.45, 2.75) is 58.4 Å². The molecular formula is C26H36N4O2. The number of nitrogens with one attached hydrogen (secondary N) is 2. The Balaban J connectivity index is 1.46. The van der Waals surface area contributed by atoms with Crippen LogP contribution in [0.4, 0.5) is 0 Å².